The first-order valence-electron chi connectivity index (χ1n) is 5.02. The third-order valence-corrected chi connectivity index (χ3v) is 2.17. The van der Waals surface area contributed by atoms with E-state index in [1.807, 2.05) is 0 Å². The molecule has 4 nitrogen and oxygen atoms in total. The molecule has 5 heteroatoms. The number of alkyl halides is 1. The monoisotopic (exact) mass is 226 g/mol. The maximum atomic E-state index is 12.1. The Labute approximate surface area is 93.5 Å². The molecule has 0 spiro atoms. The van der Waals surface area contributed by atoms with Crippen LogP contribution in [0, 0.1) is 0 Å². The van der Waals surface area contributed by atoms with E-state index in [-0.39, 0.29) is 6.54 Å². The molecule has 0 aliphatic heterocycles. The van der Waals surface area contributed by atoms with Gasteiger partial charge in [-0.25, -0.2) is 0 Å². The molecule has 0 aliphatic rings. The molecule has 1 rings (SSSR count). The van der Waals surface area contributed by atoms with Crippen LogP contribution < -0.4 is 10.6 Å². The highest BCUT2D eigenvalue weighted by Gasteiger charge is 2.12. The largest absolute Gasteiger partial charge is 0.480 e. The maximum Gasteiger partial charge on any atom is 0.323 e. The van der Waals surface area contributed by atoms with Gasteiger partial charge in [0.15, 0.2) is 0 Å². The van der Waals surface area contributed by atoms with Crippen molar-refractivity contribution >= 4 is 17.3 Å². The number of carboxylic acid groups (broad SMARTS) is 1. The van der Waals surface area contributed by atoms with Gasteiger partial charge in [-0.3, -0.25) is 9.18 Å². The number of carboxylic acids is 1. The summed E-state index contributed by atoms with van der Waals surface area (Å²) in [6.45, 7) is -0.298. The molecule has 0 unspecified atom stereocenters. The van der Waals surface area contributed by atoms with E-state index >= 15 is 0 Å². The third-order valence-electron chi connectivity index (χ3n) is 2.17. The number of nitrogens with two attached hydrogens (primary N) is 1. The summed E-state index contributed by atoms with van der Waals surface area (Å²) in [5.74, 6) is -0.956. The number of rotatable bonds is 6. The second kappa shape index (κ2) is 5.95. The van der Waals surface area contributed by atoms with Crippen molar-refractivity contribution < 1.29 is 14.3 Å². The van der Waals surface area contributed by atoms with Crippen LogP contribution in [0.15, 0.2) is 24.3 Å². The zero-order chi connectivity index (χ0) is 12.0. The van der Waals surface area contributed by atoms with Gasteiger partial charge in [0.05, 0.1) is 18.0 Å². The van der Waals surface area contributed by atoms with Crippen molar-refractivity contribution in [3.8, 4) is 0 Å². The Hall–Kier alpha value is -1.78. The summed E-state index contributed by atoms with van der Waals surface area (Å²) in [7, 11) is 0. The van der Waals surface area contributed by atoms with E-state index in [0.717, 1.165) is 0 Å². The molecule has 0 aliphatic carbocycles. The number of hydrogen-bond donors (Lipinski definition) is 2. The van der Waals surface area contributed by atoms with E-state index in [9.17, 15) is 9.18 Å². The Kier molecular flexibility index (Phi) is 4.57. The van der Waals surface area contributed by atoms with Crippen LogP contribution in [-0.2, 0) is 4.79 Å². The Morgan fingerprint density at radius 3 is 2.69 bits per heavy atom. The molecule has 0 saturated heterocycles. The van der Waals surface area contributed by atoms with E-state index in [2.05, 4.69) is 0 Å². The van der Waals surface area contributed by atoms with Crippen molar-refractivity contribution in [1.82, 2.24) is 0 Å². The van der Waals surface area contributed by atoms with E-state index < -0.39 is 12.6 Å². The molecule has 1 aromatic rings. The second-order valence-corrected chi connectivity index (χ2v) is 3.42. The van der Waals surface area contributed by atoms with E-state index in [0.29, 0.717) is 24.3 Å². The van der Waals surface area contributed by atoms with Gasteiger partial charge >= 0.3 is 5.97 Å². The minimum atomic E-state index is -0.956. The third kappa shape index (κ3) is 3.42. The predicted molar refractivity (Wildman–Crippen MR) is 61.3 cm³/mol. The van der Waals surface area contributed by atoms with Crippen molar-refractivity contribution in [2.24, 2.45) is 0 Å². The highest BCUT2D eigenvalue weighted by molar-refractivity contribution is 5.77. The first-order chi connectivity index (χ1) is 7.65. The number of para-hydroxylation sites is 2. The van der Waals surface area contributed by atoms with Crippen molar-refractivity contribution in [3.05, 3.63) is 24.3 Å². The van der Waals surface area contributed by atoms with Gasteiger partial charge in [0.25, 0.3) is 0 Å². The van der Waals surface area contributed by atoms with Crippen LogP contribution in [0.3, 0.4) is 0 Å². The predicted octanol–water partition coefficient (Wildman–Crippen LogP) is 1.52. The molecule has 88 valence electrons. The summed E-state index contributed by atoms with van der Waals surface area (Å²) in [6, 6.07) is 6.97. The molecule has 16 heavy (non-hydrogen) atoms. The van der Waals surface area contributed by atoms with Crippen LogP contribution in [0.25, 0.3) is 0 Å². The van der Waals surface area contributed by atoms with Crippen LogP contribution in [-0.4, -0.2) is 30.8 Å². The van der Waals surface area contributed by atoms with Crippen LogP contribution in [0.2, 0.25) is 0 Å². The quantitative estimate of drug-likeness (QED) is 0.722. The van der Waals surface area contributed by atoms with E-state index in [1.165, 1.54) is 0 Å². The van der Waals surface area contributed by atoms with Crippen LogP contribution >= 0.6 is 0 Å². The fraction of sp³-hybridized carbons (Fsp3) is 0.364. The Morgan fingerprint density at radius 2 is 2.12 bits per heavy atom. The first kappa shape index (κ1) is 12.3. The summed E-state index contributed by atoms with van der Waals surface area (Å²) in [4.78, 5) is 12.2. The molecule has 0 radical (unpaired) electrons. The standard InChI is InChI=1S/C11H15FN2O2/c12-6-3-7-14(8-11(15)16)10-5-2-1-4-9(10)13/h1-2,4-5H,3,6-8,13H2,(H,15,16). The maximum absolute atomic E-state index is 12.1. The molecule has 0 bridgehead atoms. The number of anilines is 2. The first-order valence-corrected chi connectivity index (χ1v) is 5.02. The fourth-order valence-electron chi connectivity index (χ4n) is 1.47. The van der Waals surface area contributed by atoms with Gasteiger partial charge in [0, 0.05) is 6.54 Å². The van der Waals surface area contributed by atoms with Gasteiger partial charge in [-0.15, -0.1) is 0 Å². The molecule has 1 aromatic carbocycles. The van der Waals surface area contributed by atoms with E-state index in [4.69, 9.17) is 10.8 Å². The smallest absolute Gasteiger partial charge is 0.323 e. The lowest BCUT2D eigenvalue weighted by Crippen LogP contribution is -2.31. The van der Waals surface area contributed by atoms with Gasteiger partial charge in [-0.05, 0) is 18.6 Å². The van der Waals surface area contributed by atoms with Crippen molar-refractivity contribution in [2.75, 3.05) is 30.4 Å². The summed E-state index contributed by atoms with van der Waals surface area (Å²) >= 11 is 0. The number of benzene rings is 1. The molecule has 0 heterocycles. The SMILES string of the molecule is Nc1ccccc1N(CCCF)CC(=O)O. The summed E-state index contributed by atoms with van der Waals surface area (Å²) in [5.41, 5.74) is 6.88. The number of nitrogens with zero attached hydrogens (tertiary/aromatic N) is 1. The number of aliphatic carboxylic acids is 1. The summed E-state index contributed by atoms with van der Waals surface area (Å²) < 4.78 is 12.1. The highest BCUT2D eigenvalue weighted by Crippen LogP contribution is 2.22. The molecule has 0 fully saturated rings. The van der Waals surface area contributed by atoms with Crippen molar-refractivity contribution in [3.63, 3.8) is 0 Å². The average Bonchev–Trinajstić information content (AvgIpc) is 2.24. The summed E-state index contributed by atoms with van der Waals surface area (Å²) in [6.07, 6.45) is 0.293. The molecular weight excluding hydrogens is 211 g/mol. The molecule has 3 N–H and O–H groups in total. The zero-order valence-electron chi connectivity index (χ0n) is 8.90. The lowest BCUT2D eigenvalue weighted by atomic mass is 10.2. The van der Waals surface area contributed by atoms with Crippen LogP contribution in [0.4, 0.5) is 15.8 Å². The second-order valence-electron chi connectivity index (χ2n) is 3.42. The Balaban J connectivity index is 2.82. The number of carbonyl (C=O) groups is 1. The lowest BCUT2D eigenvalue weighted by molar-refractivity contribution is -0.135. The van der Waals surface area contributed by atoms with Gasteiger partial charge in [0.2, 0.25) is 0 Å². The number of hydrogen-bond acceptors (Lipinski definition) is 3. The number of nitrogen functional groups attached to an aromatic ring is 1. The number of halogens is 1. The fourth-order valence-corrected chi connectivity index (χ4v) is 1.47. The molecular formula is C11H15FN2O2. The molecule has 0 amide bonds. The average molecular weight is 226 g/mol. The van der Waals surface area contributed by atoms with Crippen molar-refractivity contribution in [2.45, 2.75) is 6.42 Å². The minimum absolute atomic E-state index is 0.172. The van der Waals surface area contributed by atoms with Crippen molar-refractivity contribution in [1.29, 1.82) is 0 Å². The molecule has 0 aromatic heterocycles. The topological polar surface area (TPSA) is 66.6 Å². The molecule has 0 saturated carbocycles. The zero-order valence-corrected chi connectivity index (χ0v) is 8.90. The Morgan fingerprint density at radius 1 is 1.44 bits per heavy atom. The van der Waals surface area contributed by atoms with Gasteiger partial charge in [0.1, 0.15) is 6.54 Å². The molecule has 0 atom stereocenters. The van der Waals surface area contributed by atoms with Gasteiger partial charge in [-0.1, -0.05) is 12.1 Å². The van der Waals surface area contributed by atoms with Crippen LogP contribution in [0.1, 0.15) is 6.42 Å². The van der Waals surface area contributed by atoms with Gasteiger partial charge < -0.3 is 15.7 Å². The lowest BCUT2D eigenvalue weighted by Gasteiger charge is -2.23. The Bertz CT molecular complexity index is 358. The normalized spacial score (nSPS) is 10.1. The van der Waals surface area contributed by atoms with Gasteiger partial charge in [-0.2, -0.15) is 0 Å². The highest BCUT2D eigenvalue weighted by atomic mass is 19.1. The van der Waals surface area contributed by atoms with E-state index in [1.54, 1.807) is 29.2 Å². The minimum Gasteiger partial charge on any atom is -0.480 e. The van der Waals surface area contributed by atoms with Crippen LogP contribution in [0.5, 0.6) is 0 Å². The summed E-state index contributed by atoms with van der Waals surface area (Å²) in [5, 5.41) is 8.76.